The van der Waals surface area contributed by atoms with Gasteiger partial charge in [0.1, 0.15) is 11.5 Å². The molecule has 230 valence electrons. The fourth-order valence-corrected chi connectivity index (χ4v) is 13.7. The van der Waals surface area contributed by atoms with Gasteiger partial charge in [0.2, 0.25) is 0 Å². The molecule has 0 saturated carbocycles. The van der Waals surface area contributed by atoms with Crippen LogP contribution < -0.4 is 30.4 Å². The molecule has 2 nitrogen and oxygen atoms in total. The Morgan fingerprint density at radius 1 is 0.367 bits per heavy atom. The van der Waals surface area contributed by atoms with E-state index in [2.05, 4.69) is 193 Å². The summed E-state index contributed by atoms with van der Waals surface area (Å²) < 4.78 is 6.76. The van der Waals surface area contributed by atoms with Crippen LogP contribution in [0.1, 0.15) is 0 Å². The molecule has 3 heteroatoms. The van der Waals surface area contributed by atoms with Crippen molar-refractivity contribution < 1.29 is 4.74 Å². The fraction of sp³-hybridized carbons (Fsp3) is 0. The van der Waals surface area contributed by atoms with Crippen LogP contribution in [0.25, 0.3) is 33.0 Å². The first kappa shape index (κ1) is 27.9. The van der Waals surface area contributed by atoms with Gasteiger partial charge in [-0.1, -0.05) is 140 Å². The summed E-state index contributed by atoms with van der Waals surface area (Å²) in [5.74, 6) is 1.91. The van der Waals surface area contributed by atoms with Gasteiger partial charge < -0.3 is 9.64 Å². The molecular weight excluding hydrogens is 611 g/mol. The van der Waals surface area contributed by atoms with Crippen LogP contribution in [0.4, 0.5) is 17.1 Å². The summed E-state index contributed by atoms with van der Waals surface area (Å²) in [6, 6.07) is 68.5. The Bertz CT molecular complexity index is 2490. The maximum Gasteiger partial charge on any atom is 0.189 e. The summed E-state index contributed by atoms with van der Waals surface area (Å²) in [6.45, 7) is 0. The Morgan fingerprint density at radius 3 is 1.69 bits per heavy atom. The van der Waals surface area contributed by atoms with E-state index in [-0.39, 0.29) is 0 Å². The van der Waals surface area contributed by atoms with Crippen LogP contribution in [0.2, 0.25) is 0 Å². The van der Waals surface area contributed by atoms with Gasteiger partial charge in [0.15, 0.2) is 8.07 Å². The van der Waals surface area contributed by atoms with Crippen LogP contribution in [0.5, 0.6) is 11.5 Å². The van der Waals surface area contributed by atoms with Crippen molar-refractivity contribution in [3.8, 4) is 33.8 Å². The summed E-state index contributed by atoms with van der Waals surface area (Å²) in [5, 5.41) is 7.96. The van der Waals surface area contributed by atoms with Gasteiger partial charge in [-0.3, -0.25) is 0 Å². The van der Waals surface area contributed by atoms with Crippen LogP contribution >= 0.6 is 0 Å². The summed E-state index contributed by atoms with van der Waals surface area (Å²) in [5.41, 5.74) is 8.44. The number of hydrogen-bond acceptors (Lipinski definition) is 2. The molecule has 0 bridgehead atoms. The third kappa shape index (κ3) is 4.13. The van der Waals surface area contributed by atoms with Crippen molar-refractivity contribution in [3.63, 3.8) is 0 Å². The van der Waals surface area contributed by atoms with E-state index in [0.717, 1.165) is 28.6 Å². The molecular formula is C46H31NOSi. The van der Waals surface area contributed by atoms with Crippen molar-refractivity contribution in [3.05, 3.63) is 188 Å². The fourth-order valence-electron chi connectivity index (χ4n) is 8.27. The van der Waals surface area contributed by atoms with Crippen molar-refractivity contribution in [2.75, 3.05) is 4.90 Å². The van der Waals surface area contributed by atoms with Crippen LogP contribution in [-0.4, -0.2) is 8.07 Å². The number of hydrogen-bond donors (Lipinski definition) is 0. The highest BCUT2D eigenvalue weighted by molar-refractivity contribution is 7.23. The SMILES string of the molecule is c1ccc(N(c2ccc(-c3cccc4ccccc34)cc2)c2ccc3c(c2)[Si]2(c4ccccc4O3)c3ccccc3-c3ccccc32)cc1. The molecule has 0 unspecified atom stereocenters. The second kappa shape index (κ2) is 10.9. The van der Waals surface area contributed by atoms with Crippen molar-refractivity contribution in [1.29, 1.82) is 0 Å². The number of fused-ring (bicyclic) bond motifs is 10. The Kier molecular flexibility index (Phi) is 6.23. The molecule has 0 amide bonds. The van der Waals surface area contributed by atoms with Gasteiger partial charge in [-0.25, -0.2) is 0 Å². The molecule has 8 aromatic carbocycles. The smallest absolute Gasteiger partial charge is 0.189 e. The van der Waals surface area contributed by atoms with Crippen molar-refractivity contribution in [2.45, 2.75) is 0 Å². The van der Waals surface area contributed by atoms with E-state index >= 15 is 0 Å². The Balaban J connectivity index is 1.18. The highest BCUT2D eigenvalue weighted by Crippen LogP contribution is 2.41. The number of para-hydroxylation sites is 2. The van der Waals surface area contributed by atoms with Crippen LogP contribution in [0.15, 0.2) is 188 Å². The third-order valence-electron chi connectivity index (χ3n) is 10.3. The van der Waals surface area contributed by atoms with E-state index in [4.69, 9.17) is 4.74 Å². The minimum Gasteiger partial charge on any atom is -0.458 e. The van der Waals surface area contributed by atoms with E-state index in [1.54, 1.807) is 0 Å². The van der Waals surface area contributed by atoms with Gasteiger partial charge >= 0.3 is 0 Å². The molecule has 10 rings (SSSR count). The number of ether oxygens (including phenoxy) is 1. The first-order valence-electron chi connectivity index (χ1n) is 16.9. The standard InChI is InChI=1S/C46H31NOSi/c1-2-15-34(16-3-1)47(35-27-25-33(26-28-35)38-20-12-14-32-13-4-5-17-37(32)38)36-29-30-42-46(31-36)49(45-24-11-8-21-41(45)48-42)43-22-9-6-18-39(43)40-19-7-10-23-44(40)49/h1-31H. The lowest BCUT2D eigenvalue weighted by Gasteiger charge is -2.38. The molecule has 2 heterocycles. The van der Waals surface area contributed by atoms with E-state index < -0.39 is 8.07 Å². The van der Waals surface area contributed by atoms with E-state index in [0.29, 0.717) is 0 Å². The predicted molar refractivity (Wildman–Crippen MR) is 207 cm³/mol. The lowest BCUT2D eigenvalue weighted by molar-refractivity contribution is 0.487. The summed E-state index contributed by atoms with van der Waals surface area (Å²) >= 11 is 0. The Hall–Kier alpha value is -6.16. The van der Waals surface area contributed by atoms with Crippen molar-refractivity contribution >= 4 is 56.7 Å². The van der Waals surface area contributed by atoms with Gasteiger partial charge in [0, 0.05) is 17.1 Å². The van der Waals surface area contributed by atoms with Gasteiger partial charge in [-0.05, 0) is 102 Å². The molecule has 8 aromatic rings. The lowest BCUT2D eigenvalue weighted by Crippen LogP contribution is -2.74. The Labute approximate surface area is 287 Å². The molecule has 0 N–H and O–H groups in total. The number of nitrogens with zero attached hydrogens (tertiary/aromatic N) is 1. The number of anilines is 3. The molecule has 0 atom stereocenters. The highest BCUT2D eigenvalue weighted by Gasteiger charge is 2.53. The molecule has 2 aliphatic rings. The topological polar surface area (TPSA) is 12.5 Å². The predicted octanol–water partition coefficient (Wildman–Crippen LogP) is 9.44. The summed E-state index contributed by atoms with van der Waals surface area (Å²) in [4.78, 5) is 2.38. The first-order chi connectivity index (χ1) is 24.3. The van der Waals surface area contributed by atoms with Gasteiger partial charge in [-0.15, -0.1) is 0 Å². The molecule has 0 radical (unpaired) electrons. The molecule has 1 spiro atoms. The van der Waals surface area contributed by atoms with E-state index in [1.807, 2.05) is 0 Å². The molecule has 0 aromatic heterocycles. The zero-order chi connectivity index (χ0) is 32.4. The quantitative estimate of drug-likeness (QED) is 0.178. The zero-order valence-electron chi connectivity index (χ0n) is 26.8. The minimum atomic E-state index is -2.71. The van der Waals surface area contributed by atoms with E-state index in [9.17, 15) is 0 Å². The second-order valence-electron chi connectivity index (χ2n) is 12.9. The first-order valence-corrected chi connectivity index (χ1v) is 18.9. The monoisotopic (exact) mass is 641 g/mol. The summed E-state index contributed by atoms with van der Waals surface area (Å²) in [6.07, 6.45) is 0. The minimum absolute atomic E-state index is 0.944. The zero-order valence-corrected chi connectivity index (χ0v) is 27.8. The molecule has 0 aliphatic carbocycles. The van der Waals surface area contributed by atoms with Crippen LogP contribution in [-0.2, 0) is 0 Å². The maximum atomic E-state index is 6.76. The second-order valence-corrected chi connectivity index (χ2v) is 16.5. The molecule has 0 fully saturated rings. The van der Waals surface area contributed by atoms with Gasteiger partial charge in [-0.2, -0.15) is 0 Å². The van der Waals surface area contributed by atoms with Crippen molar-refractivity contribution in [2.24, 2.45) is 0 Å². The number of rotatable bonds is 4. The van der Waals surface area contributed by atoms with E-state index in [1.165, 1.54) is 53.8 Å². The maximum absolute atomic E-state index is 6.76. The van der Waals surface area contributed by atoms with Crippen LogP contribution in [0, 0.1) is 0 Å². The summed E-state index contributed by atoms with van der Waals surface area (Å²) in [7, 11) is -2.71. The number of benzene rings is 8. The lowest BCUT2D eigenvalue weighted by atomic mass is 9.98. The average molecular weight is 642 g/mol. The molecule has 49 heavy (non-hydrogen) atoms. The molecule has 2 aliphatic heterocycles. The molecule has 0 saturated heterocycles. The normalized spacial score (nSPS) is 13.2. The third-order valence-corrected chi connectivity index (χ3v) is 15.2. The van der Waals surface area contributed by atoms with Crippen LogP contribution in [0.3, 0.4) is 0 Å². The highest BCUT2D eigenvalue weighted by atomic mass is 28.3. The largest absolute Gasteiger partial charge is 0.458 e. The average Bonchev–Trinajstić information content (AvgIpc) is 3.46. The van der Waals surface area contributed by atoms with Gasteiger partial charge in [0.25, 0.3) is 0 Å². The Morgan fingerprint density at radius 2 is 0.918 bits per heavy atom. The van der Waals surface area contributed by atoms with Crippen molar-refractivity contribution in [1.82, 2.24) is 0 Å². The van der Waals surface area contributed by atoms with Gasteiger partial charge in [0.05, 0.1) is 0 Å².